The fourth-order valence-corrected chi connectivity index (χ4v) is 3.59. The van der Waals surface area contributed by atoms with Gasteiger partial charge in [-0.1, -0.05) is 84.9 Å². The molecule has 3 rings (SSSR count). The zero-order valence-corrected chi connectivity index (χ0v) is 16.9. The van der Waals surface area contributed by atoms with Crippen LogP contribution >= 0.6 is 0 Å². The maximum absolute atomic E-state index is 10.8. The lowest BCUT2D eigenvalue weighted by Gasteiger charge is -2.25. The van der Waals surface area contributed by atoms with Crippen molar-refractivity contribution in [3.05, 3.63) is 114 Å². The first kappa shape index (κ1) is 21.6. The molecule has 3 aromatic rings. The first-order valence-corrected chi connectivity index (χ1v) is 10.2. The van der Waals surface area contributed by atoms with Crippen molar-refractivity contribution in [3.8, 4) is 5.75 Å². The predicted molar refractivity (Wildman–Crippen MR) is 123 cm³/mol. The van der Waals surface area contributed by atoms with Crippen LogP contribution in [0.1, 0.15) is 35.6 Å². The molecule has 3 aromatic carbocycles. The third-order valence-electron chi connectivity index (χ3n) is 5.31. The van der Waals surface area contributed by atoms with Gasteiger partial charge in [0, 0.05) is 5.92 Å². The summed E-state index contributed by atoms with van der Waals surface area (Å²) in [6.45, 7) is 3.83. The van der Waals surface area contributed by atoms with E-state index in [2.05, 4.69) is 12.7 Å². The van der Waals surface area contributed by atoms with Crippen LogP contribution in [-0.2, 0) is 0 Å². The molecule has 0 aliphatic rings. The van der Waals surface area contributed by atoms with Crippen LogP contribution in [0.5, 0.6) is 5.75 Å². The molecule has 3 heteroatoms. The van der Waals surface area contributed by atoms with Crippen molar-refractivity contribution in [1.82, 2.24) is 0 Å². The predicted octanol–water partition coefficient (Wildman–Crippen LogP) is 5.61. The van der Waals surface area contributed by atoms with Crippen LogP contribution in [0, 0.1) is 5.92 Å². The molecule has 0 fully saturated rings. The highest BCUT2D eigenvalue weighted by Crippen LogP contribution is 2.30. The fraction of sp³-hybridized carbons (Fsp3) is 0.185. The van der Waals surface area contributed by atoms with Crippen molar-refractivity contribution in [2.24, 2.45) is 5.92 Å². The van der Waals surface area contributed by atoms with Crippen LogP contribution in [0.2, 0.25) is 0 Å². The van der Waals surface area contributed by atoms with Gasteiger partial charge in [0.15, 0.2) is 0 Å². The Hall–Kier alpha value is -3.14. The van der Waals surface area contributed by atoms with E-state index in [1.807, 2.05) is 72.8 Å². The molecule has 0 amide bonds. The Labute approximate surface area is 178 Å². The van der Waals surface area contributed by atoms with E-state index in [1.165, 1.54) is 0 Å². The van der Waals surface area contributed by atoms with Gasteiger partial charge in [0.05, 0.1) is 12.2 Å². The van der Waals surface area contributed by atoms with Crippen molar-refractivity contribution in [2.75, 3.05) is 0 Å². The smallest absolute Gasteiger partial charge is 0.115 e. The molecule has 0 heterocycles. The van der Waals surface area contributed by atoms with Crippen LogP contribution in [0.25, 0.3) is 11.6 Å². The highest BCUT2D eigenvalue weighted by molar-refractivity contribution is 5.81. The van der Waals surface area contributed by atoms with Crippen molar-refractivity contribution in [2.45, 2.75) is 25.0 Å². The summed E-state index contributed by atoms with van der Waals surface area (Å²) in [6, 6.07) is 26.4. The topological polar surface area (TPSA) is 60.7 Å². The number of allylic oxidation sites excluding steroid dienone is 1. The van der Waals surface area contributed by atoms with Gasteiger partial charge < -0.3 is 15.3 Å². The number of aliphatic hydroxyl groups is 2. The molecule has 0 bridgehead atoms. The quantitative estimate of drug-likeness (QED) is 0.323. The summed E-state index contributed by atoms with van der Waals surface area (Å²) in [4.78, 5) is 0. The lowest BCUT2D eigenvalue weighted by atomic mass is 9.87. The SMILES string of the molecule is C=C[C@H]([C@H](O)CC/C(=C/c1ccc(O)cc1)c1ccccc1)[C@H](O)c1ccccc1. The Morgan fingerprint density at radius 1 is 0.833 bits per heavy atom. The van der Waals surface area contributed by atoms with Crippen LogP contribution in [0.4, 0.5) is 0 Å². The van der Waals surface area contributed by atoms with Crippen LogP contribution in [0.3, 0.4) is 0 Å². The number of aliphatic hydroxyl groups excluding tert-OH is 2. The maximum Gasteiger partial charge on any atom is 0.115 e. The summed E-state index contributed by atoms with van der Waals surface area (Å²) < 4.78 is 0. The first-order valence-electron chi connectivity index (χ1n) is 10.2. The minimum Gasteiger partial charge on any atom is -0.508 e. The average molecular weight is 401 g/mol. The van der Waals surface area contributed by atoms with Gasteiger partial charge in [0.2, 0.25) is 0 Å². The van der Waals surface area contributed by atoms with E-state index in [0.29, 0.717) is 12.8 Å². The molecular weight excluding hydrogens is 372 g/mol. The summed E-state index contributed by atoms with van der Waals surface area (Å²) in [7, 11) is 0. The van der Waals surface area contributed by atoms with Crippen molar-refractivity contribution in [1.29, 1.82) is 0 Å². The van der Waals surface area contributed by atoms with Crippen LogP contribution < -0.4 is 0 Å². The van der Waals surface area contributed by atoms with Gasteiger partial charge in [-0.25, -0.2) is 0 Å². The van der Waals surface area contributed by atoms with Crippen molar-refractivity contribution >= 4 is 11.6 Å². The van der Waals surface area contributed by atoms with E-state index in [1.54, 1.807) is 18.2 Å². The minimum atomic E-state index is -0.806. The number of rotatable bonds is 9. The van der Waals surface area contributed by atoms with Crippen LogP contribution in [0.15, 0.2) is 97.6 Å². The monoisotopic (exact) mass is 400 g/mol. The fourth-order valence-electron chi connectivity index (χ4n) is 3.59. The number of benzene rings is 3. The molecule has 0 spiro atoms. The van der Waals surface area contributed by atoms with Crippen molar-refractivity contribution in [3.63, 3.8) is 0 Å². The second kappa shape index (κ2) is 10.6. The lowest BCUT2D eigenvalue weighted by molar-refractivity contribution is 0.0325. The van der Waals surface area contributed by atoms with Crippen molar-refractivity contribution < 1.29 is 15.3 Å². The van der Waals surface area contributed by atoms with E-state index in [9.17, 15) is 15.3 Å². The highest BCUT2D eigenvalue weighted by atomic mass is 16.3. The summed E-state index contributed by atoms with van der Waals surface area (Å²) >= 11 is 0. The summed E-state index contributed by atoms with van der Waals surface area (Å²) in [5, 5.41) is 31.1. The number of phenolic OH excluding ortho intramolecular Hbond substituents is 1. The normalized spacial score (nSPS) is 14.7. The summed E-state index contributed by atoms with van der Waals surface area (Å²) in [6.07, 6.45) is 3.29. The summed E-state index contributed by atoms with van der Waals surface area (Å²) in [5.74, 6) is -0.231. The second-order valence-electron chi connectivity index (χ2n) is 7.40. The van der Waals surface area contributed by atoms with E-state index in [0.717, 1.165) is 22.3 Å². The minimum absolute atomic E-state index is 0.229. The number of hydrogen-bond donors (Lipinski definition) is 3. The molecule has 0 saturated heterocycles. The molecule has 0 radical (unpaired) electrons. The molecule has 3 atom stereocenters. The lowest BCUT2D eigenvalue weighted by Crippen LogP contribution is -2.25. The number of hydrogen-bond acceptors (Lipinski definition) is 3. The maximum atomic E-state index is 10.8. The molecule has 3 nitrogen and oxygen atoms in total. The van der Waals surface area contributed by atoms with E-state index in [4.69, 9.17) is 0 Å². The van der Waals surface area contributed by atoms with Gasteiger partial charge in [-0.3, -0.25) is 0 Å². The van der Waals surface area contributed by atoms with Crippen LogP contribution in [-0.4, -0.2) is 21.4 Å². The third kappa shape index (κ3) is 5.69. The molecule has 30 heavy (non-hydrogen) atoms. The van der Waals surface area contributed by atoms with Gasteiger partial charge >= 0.3 is 0 Å². The standard InChI is InChI=1S/C27H28O3/c1-2-25(27(30)22-11-7-4-8-12-22)26(29)18-15-23(21-9-5-3-6-10-21)19-20-13-16-24(28)17-14-20/h2-14,16-17,19,25-30H,1,15,18H2/b23-19-/t25-,26-,27-/m1/s1. The Morgan fingerprint density at radius 2 is 1.43 bits per heavy atom. The molecule has 154 valence electrons. The zero-order chi connectivity index (χ0) is 21.3. The Balaban J connectivity index is 1.77. The van der Waals surface area contributed by atoms with Gasteiger partial charge in [0.25, 0.3) is 0 Å². The Kier molecular flexibility index (Phi) is 7.61. The van der Waals surface area contributed by atoms with E-state index in [-0.39, 0.29) is 5.75 Å². The van der Waals surface area contributed by atoms with Gasteiger partial charge in [-0.05, 0) is 47.2 Å². The zero-order valence-electron chi connectivity index (χ0n) is 16.9. The Morgan fingerprint density at radius 3 is 2.03 bits per heavy atom. The molecular formula is C27H28O3. The largest absolute Gasteiger partial charge is 0.508 e. The summed E-state index contributed by atoms with van der Waals surface area (Å²) in [5.41, 5.74) is 3.91. The third-order valence-corrected chi connectivity index (χ3v) is 5.31. The van der Waals surface area contributed by atoms with E-state index < -0.39 is 18.1 Å². The van der Waals surface area contributed by atoms with E-state index >= 15 is 0 Å². The number of aromatic hydroxyl groups is 1. The highest BCUT2D eigenvalue weighted by Gasteiger charge is 2.25. The molecule has 0 aliphatic carbocycles. The molecule has 3 N–H and O–H groups in total. The van der Waals surface area contributed by atoms with Gasteiger partial charge in [-0.2, -0.15) is 0 Å². The van der Waals surface area contributed by atoms with Gasteiger partial charge in [-0.15, -0.1) is 6.58 Å². The molecule has 0 saturated carbocycles. The van der Waals surface area contributed by atoms with Gasteiger partial charge in [0.1, 0.15) is 5.75 Å². The Bertz CT molecular complexity index is 946. The average Bonchev–Trinajstić information content (AvgIpc) is 2.79. The molecule has 0 aliphatic heterocycles. The molecule has 0 unspecified atom stereocenters. The first-order chi connectivity index (χ1) is 14.6. The molecule has 0 aromatic heterocycles. The second-order valence-corrected chi connectivity index (χ2v) is 7.40. The number of phenols is 1.